The molecule has 0 unspecified atom stereocenters. The van der Waals surface area contributed by atoms with Crippen molar-refractivity contribution in [2.24, 2.45) is 22.6 Å². The van der Waals surface area contributed by atoms with E-state index in [0.717, 1.165) is 0 Å². The van der Waals surface area contributed by atoms with Crippen molar-refractivity contribution < 1.29 is 4.21 Å². The second-order valence-electron chi connectivity index (χ2n) is 0.513. The van der Waals surface area contributed by atoms with Gasteiger partial charge in [-0.2, -0.15) is 0 Å². The fourth-order valence-corrected chi connectivity index (χ4v) is 0.0456. The van der Waals surface area contributed by atoms with E-state index in [1.54, 1.807) is 0 Å². The van der Waals surface area contributed by atoms with Crippen LogP contribution in [-0.2, 0) is 11.3 Å². The van der Waals surface area contributed by atoms with Gasteiger partial charge in [0.1, 0.15) is 11.3 Å². The van der Waals surface area contributed by atoms with E-state index in [4.69, 9.17) is 4.91 Å². The Morgan fingerprint density at radius 1 is 1.50 bits per heavy atom. The molecule has 0 aromatic rings. The lowest BCUT2D eigenvalue weighted by Gasteiger charge is -1.63. The zero-order valence-corrected chi connectivity index (χ0v) is 4.72. The van der Waals surface area contributed by atoms with E-state index < -0.39 is 5.11 Å². The van der Waals surface area contributed by atoms with Gasteiger partial charge in [-0.15, -0.1) is 4.91 Å². The summed E-state index contributed by atoms with van der Waals surface area (Å²) >= 11 is -0.110. The highest BCUT2D eigenvalue weighted by molar-refractivity contribution is 7.66. The van der Waals surface area contributed by atoms with Crippen molar-refractivity contribution in [2.75, 3.05) is 0 Å². The summed E-state index contributed by atoms with van der Waals surface area (Å²) in [7, 11) is 0. The van der Waals surface area contributed by atoms with Crippen LogP contribution in [0.3, 0.4) is 0 Å². The molecule has 6 N–H and O–H groups in total. The minimum Gasteiger partial charge on any atom is -0.274 e. The Morgan fingerprint density at radius 2 is 1.88 bits per heavy atom. The zero-order chi connectivity index (χ0) is 6.99. The van der Waals surface area contributed by atoms with Gasteiger partial charge >= 0.3 is 0 Å². The number of nitrogens with two attached hydrogens (primary N) is 3. The van der Waals surface area contributed by atoms with E-state index in [0.29, 0.717) is 0 Å². The van der Waals surface area contributed by atoms with Crippen LogP contribution in [0.4, 0.5) is 0 Å². The Kier molecular flexibility index (Phi) is 12.5. The molecule has 0 bridgehead atoms. The Labute approximate surface area is 49.0 Å². The maximum absolute atomic E-state index is 9.32. The van der Waals surface area contributed by atoms with Crippen LogP contribution < -0.4 is 17.4 Å². The Morgan fingerprint density at radius 3 is 1.88 bits per heavy atom. The molecule has 0 saturated heterocycles. The number of hydrogen-bond donors (Lipinski definition) is 3. The molecule has 0 spiro atoms. The van der Waals surface area contributed by atoms with Crippen molar-refractivity contribution in [1.29, 1.82) is 0 Å². The van der Waals surface area contributed by atoms with E-state index in [1.807, 2.05) is 0 Å². The molecule has 7 heteroatoms. The van der Waals surface area contributed by atoms with Gasteiger partial charge in [-0.1, -0.05) is 0 Å². The van der Waals surface area contributed by atoms with Gasteiger partial charge in [0.2, 0.25) is 5.11 Å². The third-order valence-corrected chi connectivity index (χ3v) is 0.421. The molecule has 0 saturated carbocycles. The first kappa shape index (κ1) is 10.4. The summed E-state index contributed by atoms with van der Waals surface area (Å²) in [5, 5.41) is 1.63. The maximum atomic E-state index is 9.32. The lowest BCUT2D eigenvalue weighted by molar-refractivity contribution is 0.700. The molecule has 0 aliphatic heterocycles. The van der Waals surface area contributed by atoms with Crippen molar-refractivity contribution in [3.63, 3.8) is 0 Å². The van der Waals surface area contributed by atoms with Crippen molar-refractivity contribution in [3.05, 3.63) is 4.91 Å². The first-order valence-corrected chi connectivity index (χ1v) is 2.14. The molecule has 0 aromatic heterocycles. The highest BCUT2D eigenvalue weighted by atomic mass is 32.1. The average Bonchev–Trinajstić information content (AvgIpc) is 1.91. The van der Waals surface area contributed by atoms with Crippen LogP contribution in [0.2, 0.25) is 0 Å². The lowest BCUT2D eigenvalue weighted by atomic mass is 11.2. The van der Waals surface area contributed by atoms with Crippen LogP contribution in [0.1, 0.15) is 0 Å². The monoisotopic (exact) mass is 138 g/mol. The molecular formula is CH6N4O2S. The number of hydrazine groups is 1. The minimum absolute atomic E-state index is 0.110. The van der Waals surface area contributed by atoms with Gasteiger partial charge in [-0.3, -0.25) is 17.4 Å². The fraction of sp³-hybridized carbons (Fsp3) is 0. The predicted octanol–water partition coefficient (Wildman–Crippen LogP) is -2.17. The zero-order valence-electron chi connectivity index (χ0n) is 3.90. The third kappa shape index (κ3) is 9.03. The molecule has 6 nitrogen and oxygen atoms in total. The molecule has 0 aromatic carbocycles. The molecule has 0 rings (SSSR count). The molecule has 0 amide bonds. The second kappa shape index (κ2) is 9.62. The number of nitrogens with zero attached hydrogens (tertiary/aromatic N) is 1. The smallest absolute Gasteiger partial charge is 0.242 e. The minimum atomic E-state index is -0.477. The Balaban J connectivity index is 0. The van der Waals surface area contributed by atoms with E-state index >= 15 is 0 Å². The van der Waals surface area contributed by atoms with Crippen molar-refractivity contribution in [1.82, 2.24) is 0 Å². The molecular weight excluding hydrogens is 132 g/mol. The summed E-state index contributed by atoms with van der Waals surface area (Å²) in [4.78, 5) is 9.10. The summed E-state index contributed by atoms with van der Waals surface area (Å²) in [6.45, 7) is 0. The molecule has 0 atom stereocenters. The summed E-state index contributed by atoms with van der Waals surface area (Å²) in [5.74, 6) is 8.00. The van der Waals surface area contributed by atoms with Gasteiger partial charge in [-0.05, 0) is 5.18 Å². The van der Waals surface area contributed by atoms with Crippen molar-refractivity contribution >= 4 is 16.4 Å². The first-order chi connectivity index (χ1) is 3.81. The summed E-state index contributed by atoms with van der Waals surface area (Å²) in [5.41, 5.74) is 4.56. The van der Waals surface area contributed by atoms with E-state index in [9.17, 15) is 4.21 Å². The molecule has 0 fully saturated rings. The SMILES string of the molecule is NC(N=O)=S=O.NN. The summed E-state index contributed by atoms with van der Waals surface area (Å²) < 4.78 is 9.32. The van der Waals surface area contributed by atoms with Crippen LogP contribution in [0, 0.1) is 4.91 Å². The highest BCUT2D eigenvalue weighted by Crippen LogP contribution is 1.52. The van der Waals surface area contributed by atoms with Crippen LogP contribution in [0.5, 0.6) is 0 Å². The number of nitroso groups, excluding NO2 is 1. The standard InChI is InChI=1S/CH2N2O2S.H4N2/c2-1(3-4)6-5;1-2/h2H2;1-2H2. The van der Waals surface area contributed by atoms with Crippen LogP contribution in [0.15, 0.2) is 5.18 Å². The largest absolute Gasteiger partial charge is 0.274 e. The second-order valence-corrected chi connectivity index (χ2v) is 1.10. The van der Waals surface area contributed by atoms with Crippen molar-refractivity contribution in [2.45, 2.75) is 0 Å². The van der Waals surface area contributed by atoms with Gasteiger partial charge in [0.25, 0.3) is 0 Å². The summed E-state index contributed by atoms with van der Waals surface area (Å²) in [6, 6.07) is 0. The Hall–Kier alpha value is -0.630. The maximum Gasteiger partial charge on any atom is 0.242 e. The average molecular weight is 138 g/mol. The molecule has 48 valence electrons. The number of hydrogen-bond acceptors (Lipinski definition) is 4. The summed E-state index contributed by atoms with van der Waals surface area (Å²) in [6.07, 6.45) is 0. The van der Waals surface area contributed by atoms with Gasteiger partial charge in [0.15, 0.2) is 0 Å². The third-order valence-electron chi connectivity index (χ3n) is 0.175. The first-order valence-electron chi connectivity index (χ1n) is 1.40. The van der Waals surface area contributed by atoms with Crippen molar-refractivity contribution in [3.8, 4) is 0 Å². The van der Waals surface area contributed by atoms with Gasteiger partial charge in [0, 0.05) is 0 Å². The molecule has 8 heavy (non-hydrogen) atoms. The van der Waals surface area contributed by atoms with Crippen LogP contribution in [-0.4, -0.2) is 9.32 Å². The molecule has 0 heterocycles. The van der Waals surface area contributed by atoms with E-state index in [-0.39, 0.29) is 11.3 Å². The predicted molar refractivity (Wildman–Crippen MR) is 31.5 cm³/mol. The highest BCUT2D eigenvalue weighted by Gasteiger charge is 1.76. The molecule has 0 aliphatic rings. The lowest BCUT2D eigenvalue weighted by Crippen LogP contribution is -2.04. The van der Waals surface area contributed by atoms with Crippen LogP contribution >= 0.6 is 0 Å². The van der Waals surface area contributed by atoms with Gasteiger partial charge < -0.3 is 0 Å². The van der Waals surface area contributed by atoms with E-state index in [2.05, 4.69) is 22.6 Å². The quantitative estimate of drug-likeness (QED) is 0.152. The fourth-order valence-electron chi connectivity index (χ4n) is 0.0152. The van der Waals surface area contributed by atoms with E-state index in [1.165, 1.54) is 0 Å². The van der Waals surface area contributed by atoms with Crippen LogP contribution in [0.25, 0.3) is 0 Å². The normalized spacial score (nSPS) is 5.88. The van der Waals surface area contributed by atoms with Gasteiger partial charge in [0.05, 0.1) is 0 Å². The topological polar surface area (TPSA) is 125 Å². The van der Waals surface area contributed by atoms with Gasteiger partial charge in [-0.25, -0.2) is 4.21 Å². The Bertz CT molecular complexity index is 107. The number of rotatable bonds is 0. The molecule has 0 aliphatic carbocycles. The molecule has 0 radical (unpaired) electrons.